The first-order chi connectivity index (χ1) is 7.11. The number of rotatable bonds is 6. The summed E-state index contributed by atoms with van der Waals surface area (Å²) in [6.07, 6.45) is 4.16. The van der Waals surface area contributed by atoms with Crippen LogP contribution in [0.1, 0.15) is 40.0 Å². The first-order valence-electron chi connectivity index (χ1n) is 6.52. The van der Waals surface area contributed by atoms with Crippen molar-refractivity contribution in [1.29, 1.82) is 0 Å². The fraction of sp³-hybridized carbons (Fsp3) is 1.00. The maximum Gasteiger partial charge on any atom is 0.00868 e. The van der Waals surface area contributed by atoms with Gasteiger partial charge in [-0.1, -0.05) is 13.8 Å². The molecule has 1 fully saturated rings. The van der Waals surface area contributed by atoms with Crippen molar-refractivity contribution in [2.45, 2.75) is 46.1 Å². The van der Waals surface area contributed by atoms with Gasteiger partial charge < -0.3 is 10.2 Å². The highest BCUT2D eigenvalue weighted by Gasteiger charge is 2.16. The van der Waals surface area contributed by atoms with Crippen LogP contribution in [0.4, 0.5) is 0 Å². The molecular formula is C13H28N2. The molecule has 0 saturated carbocycles. The van der Waals surface area contributed by atoms with Gasteiger partial charge in [-0.3, -0.25) is 0 Å². The van der Waals surface area contributed by atoms with Crippen molar-refractivity contribution in [3.05, 3.63) is 0 Å². The monoisotopic (exact) mass is 212 g/mol. The lowest BCUT2D eigenvalue weighted by Crippen LogP contribution is -2.34. The number of nitrogens with one attached hydrogen (secondary N) is 1. The van der Waals surface area contributed by atoms with E-state index < -0.39 is 0 Å². The summed E-state index contributed by atoms with van der Waals surface area (Å²) in [5.41, 5.74) is 0. The summed E-state index contributed by atoms with van der Waals surface area (Å²) in [7, 11) is 2.26. The highest BCUT2D eigenvalue weighted by Crippen LogP contribution is 2.15. The number of hydrogen-bond acceptors (Lipinski definition) is 2. The molecule has 2 nitrogen and oxygen atoms in total. The quantitative estimate of drug-likeness (QED) is 0.727. The van der Waals surface area contributed by atoms with E-state index in [-0.39, 0.29) is 0 Å². The second-order valence-corrected chi connectivity index (χ2v) is 5.47. The van der Waals surface area contributed by atoms with Crippen molar-refractivity contribution in [2.75, 3.05) is 26.7 Å². The zero-order chi connectivity index (χ0) is 11.3. The normalized spacial score (nSPS) is 24.0. The predicted molar refractivity (Wildman–Crippen MR) is 67.1 cm³/mol. The first kappa shape index (κ1) is 13.0. The fourth-order valence-electron chi connectivity index (χ4n) is 2.30. The third kappa shape index (κ3) is 4.52. The third-order valence-corrected chi connectivity index (χ3v) is 3.95. The zero-order valence-electron chi connectivity index (χ0n) is 10.9. The van der Waals surface area contributed by atoms with Gasteiger partial charge in [-0.2, -0.15) is 0 Å². The van der Waals surface area contributed by atoms with Crippen molar-refractivity contribution in [1.82, 2.24) is 10.2 Å². The summed E-state index contributed by atoms with van der Waals surface area (Å²) in [4.78, 5) is 2.51. The van der Waals surface area contributed by atoms with Gasteiger partial charge in [-0.05, 0) is 64.7 Å². The van der Waals surface area contributed by atoms with Crippen molar-refractivity contribution < 1.29 is 0 Å². The number of hydrogen-bond donors (Lipinski definition) is 1. The molecule has 1 heterocycles. The van der Waals surface area contributed by atoms with Crippen LogP contribution in [-0.4, -0.2) is 37.6 Å². The smallest absolute Gasteiger partial charge is 0.00868 e. The first-order valence-corrected chi connectivity index (χ1v) is 6.52. The molecular weight excluding hydrogens is 184 g/mol. The summed E-state index contributed by atoms with van der Waals surface area (Å²) in [6, 6.07) is 0.715. The molecule has 1 aliphatic rings. The third-order valence-electron chi connectivity index (χ3n) is 3.95. The molecule has 0 aromatic heterocycles. The highest BCUT2D eigenvalue weighted by atomic mass is 15.1. The van der Waals surface area contributed by atoms with E-state index in [0.29, 0.717) is 6.04 Å². The van der Waals surface area contributed by atoms with Crippen LogP contribution in [0.3, 0.4) is 0 Å². The van der Waals surface area contributed by atoms with E-state index in [1.54, 1.807) is 0 Å². The van der Waals surface area contributed by atoms with E-state index in [0.717, 1.165) is 11.8 Å². The summed E-state index contributed by atoms with van der Waals surface area (Å²) >= 11 is 0. The van der Waals surface area contributed by atoms with Crippen molar-refractivity contribution >= 4 is 0 Å². The maximum atomic E-state index is 3.44. The van der Waals surface area contributed by atoms with E-state index in [2.05, 4.69) is 38.0 Å². The van der Waals surface area contributed by atoms with E-state index >= 15 is 0 Å². The summed E-state index contributed by atoms with van der Waals surface area (Å²) in [5.74, 6) is 1.72. The summed E-state index contributed by atoms with van der Waals surface area (Å²) < 4.78 is 0. The average molecular weight is 212 g/mol. The standard InChI is InChI=1S/C13H28N2/c1-11(2)12(3)15(4)9-5-6-13-7-8-14-10-13/h11-14H,5-10H2,1-4H3. The Labute approximate surface area is 95.4 Å². The largest absolute Gasteiger partial charge is 0.316 e. The van der Waals surface area contributed by atoms with Gasteiger partial charge in [0, 0.05) is 6.04 Å². The van der Waals surface area contributed by atoms with Crippen LogP contribution < -0.4 is 5.32 Å². The molecule has 90 valence electrons. The van der Waals surface area contributed by atoms with Crippen molar-refractivity contribution in [3.63, 3.8) is 0 Å². The zero-order valence-corrected chi connectivity index (χ0v) is 10.9. The molecule has 1 saturated heterocycles. The lowest BCUT2D eigenvalue weighted by atomic mass is 10.0. The van der Waals surface area contributed by atoms with Crippen LogP contribution in [0, 0.1) is 11.8 Å². The lowest BCUT2D eigenvalue weighted by Gasteiger charge is -2.28. The molecule has 2 heteroatoms. The van der Waals surface area contributed by atoms with Crippen LogP contribution >= 0.6 is 0 Å². The molecule has 0 aromatic rings. The fourth-order valence-corrected chi connectivity index (χ4v) is 2.30. The van der Waals surface area contributed by atoms with Crippen molar-refractivity contribution in [3.8, 4) is 0 Å². The van der Waals surface area contributed by atoms with Gasteiger partial charge in [0.15, 0.2) is 0 Å². The molecule has 1 N–H and O–H groups in total. The molecule has 2 atom stereocenters. The Morgan fingerprint density at radius 2 is 2.07 bits per heavy atom. The predicted octanol–water partition coefficient (Wildman–Crippen LogP) is 2.35. The Morgan fingerprint density at radius 3 is 2.60 bits per heavy atom. The van der Waals surface area contributed by atoms with Gasteiger partial charge in [0.05, 0.1) is 0 Å². The molecule has 0 spiro atoms. The Hall–Kier alpha value is -0.0800. The minimum Gasteiger partial charge on any atom is -0.316 e. The molecule has 15 heavy (non-hydrogen) atoms. The van der Waals surface area contributed by atoms with Gasteiger partial charge in [-0.25, -0.2) is 0 Å². The molecule has 0 aliphatic carbocycles. The molecule has 2 unspecified atom stereocenters. The molecule has 0 amide bonds. The van der Waals surface area contributed by atoms with Gasteiger partial charge in [0.25, 0.3) is 0 Å². The minimum absolute atomic E-state index is 0.715. The van der Waals surface area contributed by atoms with Crippen LogP contribution in [-0.2, 0) is 0 Å². The van der Waals surface area contributed by atoms with Crippen LogP contribution in [0.25, 0.3) is 0 Å². The SMILES string of the molecule is CC(C)C(C)N(C)CCCC1CCNC1. The second-order valence-electron chi connectivity index (χ2n) is 5.47. The van der Waals surface area contributed by atoms with Crippen molar-refractivity contribution in [2.24, 2.45) is 11.8 Å². The Balaban J connectivity index is 2.08. The van der Waals surface area contributed by atoms with E-state index in [9.17, 15) is 0 Å². The molecule has 0 aromatic carbocycles. The van der Waals surface area contributed by atoms with Gasteiger partial charge in [-0.15, -0.1) is 0 Å². The number of nitrogens with zero attached hydrogens (tertiary/aromatic N) is 1. The van der Waals surface area contributed by atoms with E-state index in [1.807, 2.05) is 0 Å². The van der Waals surface area contributed by atoms with Gasteiger partial charge in [0.1, 0.15) is 0 Å². The van der Waals surface area contributed by atoms with Crippen LogP contribution in [0.2, 0.25) is 0 Å². The lowest BCUT2D eigenvalue weighted by molar-refractivity contribution is 0.201. The highest BCUT2D eigenvalue weighted by molar-refractivity contribution is 4.72. The topological polar surface area (TPSA) is 15.3 Å². The van der Waals surface area contributed by atoms with Gasteiger partial charge in [0.2, 0.25) is 0 Å². The van der Waals surface area contributed by atoms with Gasteiger partial charge >= 0.3 is 0 Å². The Kier molecular flexibility index (Phi) is 5.62. The summed E-state index contributed by atoms with van der Waals surface area (Å²) in [5, 5.41) is 3.44. The second kappa shape index (κ2) is 6.49. The van der Waals surface area contributed by atoms with Crippen LogP contribution in [0.15, 0.2) is 0 Å². The molecule has 1 aliphatic heterocycles. The molecule has 1 rings (SSSR count). The molecule has 0 bridgehead atoms. The Bertz CT molecular complexity index is 162. The van der Waals surface area contributed by atoms with E-state index in [1.165, 1.54) is 38.9 Å². The van der Waals surface area contributed by atoms with Crippen LogP contribution in [0.5, 0.6) is 0 Å². The minimum atomic E-state index is 0.715. The average Bonchev–Trinajstić information content (AvgIpc) is 2.69. The van der Waals surface area contributed by atoms with E-state index in [4.69, 9.17) is 0 Å². The Morgan fingerprint density at radius 1 is 1.33 bits per heavy atom. The molecule has 0 radical (unpaired) electrons. The summed E-state index contributed by atoms with van der Waals surface area (Å²) in [6.45, 7) is 10.7. The maximum absolute atomic E-state index is 3.44.